The van der Waals surface area contributed by atoms with Gasteiger partial charge in [0.25, 0.3) is 0 Å². The first-order valence-corrected chi connectivity index (χ1v) is 7.22. The molecule has 1 aromatic carbocycles. The molecule has 0 aromatic heterocycles. The maximum absolute atomic E-state index is 11.7. The molecular weight excluding hydrogens is 268 g/mol. The van der Waals surface area contributed by atoms with Crippen LogP contribution in [0, 0.1) is 6.92 Å². The number of nitrogens with zero attached hydrogens (tertiary/aromatic N) is 2. The number of likely N-dealkylation sites (N-methyl/N-ethyl adjacent to an activating group) is 1. The number of carbonyl (C=O) groups is 1. The lowest BCUT2D eigenvalue weighted by molar-refractivity contribution is -0.129. The van der Waals surface area contributed by atoms with E-state index in [1.54, 1.807) is 19.0 Å². The van der Waals surface area contributed by atoms with Gasteiger partial charge in [-0.1, -0.05) is 17.7 Å². The smallest absolute Gasteiger partial charge is 0.236 e. The van der Waals surface area contributed by atoms with E-state index in [1.807, 2.05) is 36.1 Å². The third-order valence-electron chi connectivity index (χ3n) is 3.80. The normalized spacial score (nSPS) is 22.3. The Morgan fingerprint density at radius 3 is 2.67 bits per heavy atom. The molecule has 1 aliphatic heterocycles. The lowest BCUT2D eigenvalue weighted by atomic mass is 10.1. The number of carbonyl (C=O) groups excluding carboxylic acids is 1. The highest BCUT2D eigenvalue weighted by atomic mass is 16.5. The fraction of sp³-hybridized carbons (Fsp3) is 0.562. The van der Waals surface area contributed by atoms with E-state index in [0.29, 0.717) is 26.1 Å². The van der Waals surface area contributed by atoms with Crippen molar-refractivity contribution in [3.8, 4) is 5.75 Å². The summed E-state index contributed by atoms with van der Waals surface area (Å²) in [4.78, 5) is 15.2. The summed E-state index contributed by atoms with van der Waals surface area (Å²) in [5.74, 6) is 0.815. The second-order valence-electron chi connectivity index (χ2n) is 6.07. The molecule has 0 saturated carbocycles. The average molecular weight is 292 g/mol. The summed E-state index contributed by atoms with van der Waals surface area (Å²) in [7, 11) is 3.48. The van der Waals surface area contributed by atoms with E-state index in [-0.39, 0.29) is 12.5 Å². The number of amides is 1. The van der Waals surface area contributed by atoms with Crippen LogP contribution in [0.3, 0.4) is 0 Å². The molecule has 21 heavy (non-hydrogen) atoms. The van der Waals surface area contributed by atoms with Gasteiger partial charge in [-0.05, 0) is 25.5 Å². The van der Waals surface area contributed by atoms with Crippen molar-refractivity contribution in [3.05, 3.63) is 29.8 Å². The molecule has 1 heterocycles. The molecule has 1 aromatic rings. The summed E-state index contributed by atoms with van der Waals surface area (Å²) in [5, 5.41) is 10.5. The quantitative estimate of drug-likeness (QED) is 0.876. The minimum atomic E-state index is -0.878. The highest BCUT2D eigenvalue weighted by Crippen LogP contribution is 2.23. The van der Waals surface area contributed by atoms with Crippen molar-refractivity contribution in [1.82, 2.24) is 9.80 Å². The lowest BCUT2D eigenvalue weighted by Gasteiger charge is -2.24. The van der Waals surface area contributed by atoms with Crippen LogP contribution in [-0.2, 0) is 4.79 Å². The number of aliphatic hydroxyl groups is 1. The summed E-state index contributed by atoms with van der Waals surface area (Å²) in [6, 6.07) is 7.77. The highest BCUT2D eigenvalue weighted by molar-refractivity contribution is 5.77. The van der Waals surface area contributed by atoms with Gasteiger partial charge in [0.2, 0.25) is 5.91 Å². The van der Waals surface area contributed by atoms with Crippen LogP contribution in [0.2, 0.25) is 0 Å². The molecule has 0 aliphatic carbocycles. The molecule has 0 unspecified atom stereocenters. The van der Waals surface area contributed by atoms with Crippen molar-refractivity contribution in [2.45, 2.75) is 18.9 Å². The second kappa shape index (κ2) is 6.45. The lowest BCUT2D eigenvalue weighted by Crippen LogP contribution is -2.41. The minimum Gasteiger partial charge on any atom is -0.491 e. The van der Waals surface area contributed by atoms with Crippen LogP contribution in [0.25, 0.3) is 0 Å². The Balaban J connectivity index is 1.83. The standard InChI is InChI=1S/C16H24N2O3/c1-13-4-6-14(7-5-13)21-12-16(20)8-9-18(11-16)10-15(19)17(2)3/h4-7,20H,8-12H2,1-3H3/t16-/m1/s1. The number of aryl methyl sites for hydroxylation is 1. The van der Waals surface area contributed by atoms with Crippen LogP contribution in [0.1, 0.15) is 12.0 Å². The molecule has 1 saturated heterocycles. The minimum absolute atomic E-state index is 0.0544. The Labute approximate surface area is 126 Å². The number of ether oxygens (including phenoxy) is 1. The van der Waals surface area contributed by atoms with Gasteiger partial charge in [-0.2, -0.15) is 0 Å². The third-order valence-corrected chi connectivity index (χ3v) is 3.80. The van der Waals surface area contributed by atoms with Crippen molar-refractivity contribution >= 4 is 5.91 Å². The summed E-state index contributed by atoms with van der Waals surface area (Å²) in [6.45, 7) is 3.81. The van der Waals surface area contributed by atoms with Crippen LogP contribution in [0.4, 0.5) is 0 Å². The third kappa shape index (κ3) is 4.44. The zero-order valence-corrected chi connectivity index (χ0v) is 13.0. The van der Waals surface area contributed by atoms with Crippen molar-refractivity contribution in [2.75, 3.05) is 40.3 Å². The Bertz CT molecular complexity index is 487. The molecule has 0 spiro atoms. The van der Waals surface area contributed by atoms with E-state index >= 15 is 0 Å². The van der Waals surface area contributed by atoms with Gasteiger partial charge in [-0.15, -0.1) is 0 Å². The van der Waals surface area contributed by atoms with Crippen LogP contribution >= 0.6 is 0 Å². The molecule has 0 bridgehead atoms. The molecule has 2 rings (SSSR count). The van der Waals surface area contributed by atoms with Gasteiger partial charge in [0.1, 0.15) is 18.0 Å². The molecule has 1 atom stereocenters. The zero-order chi connectivity index (χ0) is 15.5. The summed E-state index contributed by atoms with van der Waals surface area (Å²) in [6.07, 6.45) is 0.625. The van der Waals surface area contributed by atoms with Crippen molar-refractivity contribution < 1.29 is 14.6 Å². The Hall–Kier alpha value is -1.59. The summed E-state index contributed by atoms with van der Waals surface area (Å²) in [5.41, 5.74) is 0.299. The van der Waals surface area contributed by atoms with Gasteiger partial charge in [-0.25, -0.2) is 0 Å². The first-order chi connectivity index (χ1) is 9.88. The van der Waals surface area contributed by atoms with Crippen LogP contribution < -0.4 is 4.74 Å². The van der Waals surface area contributed by atoms with Gasteiger partial charge in [-0.3, -0.25) is 9.69 Å². The summed E-state index contributed by atoms with van der Waals surface area (Å²) >= 11 is 0. The van der Waals surface area contributed by atoms with E-state index in [4.69, 9.17) is 4.74 Å². The Morgan fingerprint density at radius 2 is 2.05 bits per heavy atom. The predicted molar refractivity (Wildman–Crippen MR) is 81.4 cm³/mol. The fourth-order valence-corrected chi connectivity index (χ4v) is 2.38. The van der Waals surface area contributed by atoms with Crippen LogP contribution in [0.5, 0.6) is 5.75 Å². The number of hydrogen-bond acceptors (Lipinski definition) is 4. The van der Waals surface area contributed by atoms with E-state index < -0.39 is 5.60 Å². The van der Waals surface area contributed by atoms with Crippen molar-refractivity contribution in [1.29, 1.82) is 0 Å². The fourth-order valence-electron chi connectivity index (χ4n) is 2.38. The molecule has 116 valence electrons. The van der Waals surface area contributed by atoms with Gasteiger partial charge in [0.15, 0.2) is 0 Å². The van der Waals surface area contributed by atoms with Gasteiger partial charge < -0.3 is 14.7 Å². The van der Waals surface area contributed by atoms with Crippen LogP contribution in [0.15, 0.2) is 24.3 Å². The molecule has 1 aliphatic rings. The molecule has 1 amide bonds. The number of hydrogen-bond donors (Lipinski definition) is 1. The first kappa shape index (κ1) is 15.8. The van der Waals surface area contributed by atoms with E-state index in [2.05, 4.69) is 0 Å². The molecule has 0 radical (unpaired) electrons. The predicted octanol–water partition coefficient (Wildman–Crippen LogP) is 0.899. The van der Waals surface area contributed by atoms with Gasteiger partial charge >= 0.3 is 0 Å². The Morgan fingerprint density at radius 1 is 1.38 bits per heavy atom. The molecule has 5 heteroatoms. The number of rotatable bonds is 5. The van der Waals surface area contributed by atoms with Gasteiger partial charge in [0.05, 0.1) is 6.54 Å². The highest BCUT2D eigenvalue weighted by Gasteiger charge is 2.37. The SMILES string of the molecule is Cc1ccc(OC[C@@]2(O)CCN(CC(=O)N(C)C)C2)cc1. The molecule has 5 nitrogen and oxygen atoms in total. The van der Waals surface area contributed by atoms with Crippen LogP contribution in [-0.4, -0.2) is 66.8 Å². The number of β-amino-alcohol motifs (C(OH)–C–C–N with tert-alkyl or cyclic N) is 1. The number of benzene rings is 1. The molecular formula is C16H24N2O3. The van der Waals surface area contributed by atoms with E-state index in [1.165, 1.54) is 5.56 Å². The number of likely N-dealkylation sites (tertiary alicyclic amines) is 1. The van der Waals surface area contributed by atoms with E-state index in [9.17, 15) is 9.90 Å². The monoisotopic (exact) mass is 292 g/mol. The maximum Gasteiger partial charge on any atom is 0.236 e. The Kier molecular flexibility index (Phi) is 4.85. The van der Waals surface area contributed by atoms with E-state index in [0.717, 1.165) is 5.75 Å². The summed E-state index contributed by atoms with van der Waals surface area (Å²) < 4.78 is 5.68. The topological polar surface area (TPSA) is 53.0 Å². The molecule has 1 N–H and O–H groups in total. The maximum atomic E-state index is 11.7. The average Bonchev–Trinajstić information content (AvgIpc) is 2.80. The molecule has 1 fully saturated rings. The largest absolute Gasteiger partial charge is 0.491 e. The van der Waals surface area contributed by atoms with Crippen molar-refractivity contribution in [3.63, 3.8) is 0 Å². The first-order valence-electron chi connectivity index (χ1n) is 7.22. The zero-order valence-electron chi connectivity index (χ0n) is 13.0. The van der Waals surface area contributed by atoms with Crippen molar-refractivity contribution in [2.24, 2.45) is 0 Å². The van der Waals surface area contributed by atoms with Gasteiger partial charge in [0, 0.05) is 27.2 Å². The second-order valence-corrected chi connectivity index (χ2v) is 6.07.